The van der Waals surface area contributed by atoms with Crippen LogP contribution in [-0.2, 0) is 9.88 Å². The van der Waals surface area contributed by atoms with Crippen molar-refractivity contribution in [1.82, 2.24) is 5.48 Å². The Labute approximate surface area is 30.8 Å². The molecule has 0 fully saturated rings. The van der Waals surface area contributed by atoms with Gasteiger partial charge in [0.2, 0.25) is 0 Å². The highest BCUT2D eigenvalue weighted by molar-refractivity contribution is 3.72. The summed E-state index contributed by atoms with van der Waals surface area (Å²) >= 11 is 0. The Morgan fingerprint density at radius 3 is 2.20 bits per heavy atom. The average Bonchev–Trinajstić information content (AvgIpc) is 1.41. The van der Waals surface area contributed by atoms with Gasteiger partial charge < -0.3 is 0 Å². The van der Waals surface area contributed by atoms with Crippen molar-refractivity contribution in [3.63, 3.8) is 0 Å². The predicted octanol–water partition coefficient (Wildman–Crippen LogP) is -0.301. The van der Waals surface area contributed by atoms with Gasteiger partial charge in [0.05, 0.1) is 7.11 Å². The van der Waals surface area contributed by atoms with Gasteiger partial charge in [0, 0.05) is 7.05 Å². The molecule has 1 N–H and O–H groups in total. The van der Waals surface area contributed by atoms with Crippen molar-refractivity contribution in [2.24, 2.45) is 0 Å². The Bertz CT molecular complexity index is 15.1. The van der Waals surface area contributed by atoms with Crippen molar-refractivity contribution < 1.29 is 9.88 Å². The molecule has 0 aromatic rings. The molecule has 0 rings (SSSR count). The fourth-order valence-electron chi connectivity index (χ4n) is 0.0833. The fraction of sp³-hybridized carbons (Fsp3) is 1.00. The summed E-state index contributed by atoms with van der Waals surface area (Å²) < 4.78 is 0. The first kappa shape index (κ1) is 4.88. The molecule has 3 nitrogen and oxygen atoms in total. The van der Waals surface area contributed by atoms with E-state index in [0.29, 0.717) is 0 Å². The normalized spacial score (nSPS) is 8.40. The maximum Gasteiger partial charge on any atom is 0.0732 e. The molecule has 0 heterocycles. The molecule has 0 aliphatic rings. The van der Waals surface area contributed by atoms with Crippen LogP contribution < -0.4 is 5.48 Å². The van der Waals surface area contributed by atoms with Gasteiger partial charge in [-0.2, -0.15) is 5.48 Å². The molecule has 0 amide bonds. The van der Waals surface area contributed by atoms with E-state index in [1.165, 1.54) is 7.11 Å². The van der Waals surface area contributed by atoms with E-state index in [4.69, 9.17) is 0 Å². The molecule has 0 aliphatic carbocycles. The minimum Gasteiger partial charge on any atom is -0.221 e. The lowest BCUT2D eigenvalue weighted by Crippen LogP contribution is -2.04. The summed E-state index contributed by atoms with van der Waals surface area (Å²) in [4.78, 5) is 8.16. The highest BCUT2D eigenvalue weighted by Crippen LogP contribution is 1.53. The Morgan fingerprint density at radius 1 is 1.60 bits per heavy atom. The Hall–Kier alpha value is -0.120. The quantitative estimate of drug-likeness (QED) is 0.362. The summed E-state index contributed by atoms with van der Waals surface area (Å²) in [7, 11) is 3.04. The van der Waals surface area contributed by atoms with Crippen molar-refractivity contribution in [3.05, 3.63) is 0 Å². The highest BCUT2D eigenvalue weighted by Gasteiger charge is 1.60. The van der Waals surface area contributed by atoms with Crippen molar-refractivity contribution in [2.75, 3.05) is 14.2 Å². The Balaban J connectivity index is 2.19. The standard InChI is InChI=1S/C2H7NO2/c1-3-5-4-2/h3H,1-2H3. The fourth-order valence-corrected chi connectivity index (χ4v) is 0.0833. The molecule has 0 unspecified atom stereocenters. The topological polar surface area (TPSA) is 30.5 Å². The van der Waals surface area contributed by atoms with Crippen LogP contribution in [0, 0.1) is 0 Å². The first-order chi connectivity index (χ1) is 2.41. The molecule has 0 bridgehead atoms. The SMILES string of the molecule is CNOOC. The number of nitrogens with one attached hydrogen (secondary N) is 1. The van der Waals surface area contributed by atoms with Gasteiger partial charge in [-0.05, 0) is 0 Å². The monoisotopic (exact) mass is 77.0 g/mol. The molecule has 0 spiro atoms. The van der Waals surface area contributed by atoms with Crippen LogP contribution in [0.25, 0.3) is 0 Å². The molecular formula is C2H7NO2. The second-order valence-electron chi connectivity index (χ2n) is 0.454. The van der Waals surface area contributed by atoms with E-state index in [0.717, 1.165) is 0 Å². The number of hydrogen-bond donors (Lipinski definition) is 1. The second-order valence-corrected chi connectivity index (χ2v) is 0.454. The molecule has 0 aromatic heterocycles. The molecule has 0 aliphatic heterocycles. The second kappa shape index (κ2) is 3.88. The van der Waals surface area contributed by atoms with Crippen molar-refractivity contribution in [2.45, 2.75) is 0 Å². The van der Waals surface area contributed by atoms with E-state index in [1.54, 1.807) is 7.05 Å². The van der Waals surface area contributed by atoms with Gasteiger partial charge in [-0.25, -0.2) is 4.89 Å². The van der Waals surface area contributed by atoms with Crippen LogP contribution >= 0.6 is 0 Å². The van der Waals surface area contributed by atoms with E-state index >= 15 is 0 Å². The Morgan fingerprint density at radius 2 is 2.20 bits per heavy atom. The highest BCUT2D eigenvalue weighted by atomic mass is 17.3. The largest absolute Gasteiger partial charge is 0.221 e. The molecule has 0 aromatic carbocycles. The van der Waals surface area contributed by atoms with Crippen molar-refractivity contribution in [3.8, 4) is 0 Å². The van der Waals surface area contributed by atoms with E-state index in [-0.39, 0.29) is 0 Å². The minimum absolute atomic E-state index is 1.43. The van der Waals surface area contributed by atoms with Crippen molar-refractivity contribution >= 4 is 0 Å². The van der Waals surface area contributed by atoms with Crippen LogP contribution in [0.1, 0.15) is 0 Å². The van der Waals surface area contributed by atoms with Crippen LogP contribution in [0.5, 0.6) is 0 Å². The molecule has 32 valence electrons. The van der Waals surface area contributed by atoms with Crippen LogP contribution in [0.4, 0.5) is 0 Å². The van der Waals surface area contributed by atoms with Gasteiger partial charge in [-0.1, -0.05) is 0 Å². The third-order valence-electron chi connectivity index (χ3n) is 0.167. The number of hydroxylamine groups is 1. The summed E-state index contributed by atoms with van der Waals surface area (Å²) in [6.45, 7) is 0. The van der Waals surface area contributed by atoms with Crippen LogP contribution in [0.15, 0.2) is 0 Å². The van der Waals surface area contributed by atoms with Gasteiger partial charge >= 0.3 is 0 Å². The van der Waals surface area contributed by atoms with Crippen LogP contribution in [0.2, 0.25) is 0 Å². The Kier molecular flexibility index (Phi) is 3.79. The zero-order valence-electron chi connectivity index (χ0n) is 3.32. The van der Waals surface area contributed by atoms with Gasteiger partial charge in [0.25, 0.3) is 0 Å². The van der Waals surface area contributed by atoms with Crippen LogP contribution in [0.3, 0.4) is 0 Å². The van der Waals surface area contributed by atoms with Gasteiger partial charge in [-0.3, -0.25) is 0 Å². The third kappa shape index (κ3) is 3.88. The zero-order valence-corrected chi connectivity index (χ0v) is 3.32. The lowest BCUT2D eigenvalue weighted by Gasteiger charge is -1.87. The van der Waals surface area contributed by atoms with Gasteiger partial charge in [-0.15, -0.1) is 4.99 Å². The number of rotatable bonds is 2. The summed E-state index contributed by atoms with van der Waals surface area (Å²) in [5, 5.41) is 0. The van der Waals surface area contributed by atoms with E-state index in [1.807, 2.05) is 0 Å². The maximum absolute atomic E-state index is 4.08. The lowest BCUT2D eigenvalue weighted by molar-refractivity contribution is -0.311. The molecule has 3 heteroatoms. The minimum atomic E-state index is 1.43. The summed E-state index contributed by atoms with van der Waals surface area (Å²) in [6.07, 6.45) is 0. The van der Waals surface area contributed by atoms with Crippen LogP contribution in [-0.4, -0.2) is 14.2 Å². The number of hydrogen-bond acceptors (Lipinski definition) is 3. The molecule has 0 saturated carbocycles. The smallest absolute Gasteiger partial charge is 0.0732 e. The molecule has 0 saturated heterocycles. The summed E-state index contributed by atoms with van der Waals surface area (Å²) in [5.41, 5.74) is 2.30. The first-order valence-electron chi connectivity index (χ1n) is 1.28. The predicted molar refractivity (Wildman–Crippen MR) is 17.2 cm³/mol. The van der Waals surface area contributed by atoms with Crippen molar-refractivity contribution in [1.29, 1.82) is 0 Å². The molecule has 0 atom stereocenters. The zero-order chi connectivity index (χ0) is 4.12. The van der Waals surface area contributed by atoms with E-state index < -0.39 is 0 Å². The molecular weight excluding hydrogens is 70.0 g/mol. The average molecular weight is 77.1 g/mol. The van der Waals surface area contributed by atoms with E-state index in [2.05, 4.69) is 15.4 Å². The van der Waals surface area contributed by atoms with E-state index in [9.17, 15) is 0 Å². The maximum atomic E-state index is 4.08. The van der Waals surface area contributed by atoms with Gasteiger partial charge in [0.1, 0.15) is 0 Å². The van der Waals surface area contributed by atoms with Gasteiger partial charge in [0.15, 0.2) is 0 Å². The lowest BCUT2D eigenvalue weighted by atomic mass is 11.6. The molecule has 0 radical (unpaired) electrons. The first-order valence-corrected chi connectivity index (χ1v) is 1.28. The molecule has 5 heavy (non-hydrogen) atoms. The summed E-state index contributed by atoms with van der Waals surface area (Å²) in [6, 6.07) is 0. The third-order valence-corrected chi connectivity index (χ3v) is 0.167. The summed E-state index contributed by atoms with van der Waals surface area (Å²) in [5.74, 6) is 0.